The van der Waals surface area contributed by atoms with Crippen molar-refractivity contribution in [1.29, 1.82) is 0 Å². The topological polar surface area (TPSA) is 70.7 Å². The van der Waals surface area contributed by atoms with Crippen molar-refractivity contribution in [1.82, 2.24) is 14.6 Å². The lowest BCUT2D eigenvalue weighted by atomic mass is 9.77. The van der Waals surface area contributed by atoms with Crippen LogP contribution in [0.1, 0.15) is 62.8 Å². The van der Waals surface area contributed by atoms with Crippen LogP contribution in [0.4, 0.5) is 23.4 Å². The van der Waals surface area contributed by atoms with Gasteiger partial charge in [0.2, 0.25) is 0 Å². The fourth-order valence-electron chi connectivity index (χ4n) is 5.04. The van der Waals surface area contributed by atoms with Gasteiger partial charge in [-0.15, -0.1) is 0 Å². The van der Waals surface area contributed by atoms with Gasteiger partial charge in [-0.3, -0.25) is 4.79 Å². The highest BCUT2D eigenvalue weighted by Crippen LogP contribution is 2.40. The number of aliphatic carboxylic acids is 1. The fourth-order valence-corrected chi connectivity index (χ4v) is 5.04. The third-order valence-corrected chi connectivity index (χ3v) is 6.98. The number of carboxylic acid groups (broad SMARTS) is 1. The van der Waals surface area contributed by atoms with Gasteiger partial charge < -0.3 is 10.0 Å². The molecule has 1 atom stereocenters. The second-order valence-electron chi connectivity index (χ2n) is 9.53. The number of anilines is 1. The van der Waals surface area contributed by atoms with Gasteiger partial charge in [-0.25, -0.2) is 9.37 Å². The van der Waals surface area contributed by atoms with Gasteiger partial charge in [0.15, 0.2) is 11.5 Å². The van der Waals surface area contributed by atoms with Crippen LogP contribution in [0.5, 0.6) is 0 Å². The summed E-state index contributed by atoms with van der Waals surface area (Å²) in [7, 11) is 0. The average Bonchev–Trinajstić information content (AvgIpc) is 3.13. The lowest BCUT2D eigenvalue weighted by Gasteiger charge is -2.41. The van der Waals surface area contributed by atoms with Crippen molar-refractivity contribution in [3.8, 4) is 11.3 Å². The van der Waals surface area contributed by atoms with Crippen LogP contribution >= 0.6 is 0 Å². The molecule has 1 aliphatic rings. The molecule has 1 fully saturated rings. The number of rotatable bonds is 5. The standard InChI is InChI=1S/C25H28F4N4O2/c1-5-24(23(34)35)11-6-12-32(13-24)22-18(14(2)3)15(4)30-21-19(26)20(31-33(21)22)16-7-9-17(10-8-16)25(27,28)29/h7-10,14H,5-6,11-13H2,1-4H3,(H,34,35)/t24-/m0/s1. The number of nitrogens with zero attached hydrogens (tertiary/aromatic N) is 4. The first-order valence-corrected chi connectivity index (χ1v) is 11.6. The predicted octanol–water partition coefficient (Wildman–Crippen LogP) is 6.07. The fraction of sp³-hybridized carbons (Fsp3) is 0.480. The Balaban J connectivity index is 1.91. The van der Waals surface area contributed by atoms with Crippen molar-refractivity contribution in [2.45, 2.75) is 59.1 Å². The third kappa shape index (κ3) is 4.23. The quantitative estimate of drug-likeness (QED) is 0.438. The Kier molecular flexibility index (Phi) is 6.27. The Bertz CT molecular complexity index is 1270. The van der Waals surface area contributed by atoms with E-state index in [-0.39, 0.29) is 29.4 Å². The third-order valence-electron chi connectivity index (χ3n) is 6.98. The van der Waals surface area contributed by atoms with Gasteiger partial charge in [0.25, 0.3) is 0 Å². The van der Waals surface area contributed by atoms with E-state index in [4.69, 9.17) is 0 Å². The van der Waals surface area contributed by atoms with Gasteiger partial charge in [0.1, 0.15) is 11.5 Å². The maximum atomic E-state index is 15.6. The molecule has 0 amide bonds. The molecular formula is C25H28F4N4O2. The molecule has 3 heterocycles. The molecule has 2 aromatic heterocycles. The van der Waals surface area contributed by atoms with Gasteiger partial charge >= 0.3 is 12.1 Å². The van der Waals surface area contributed by atoms with E-state index < -0.39 is 28.9 Å². The first kappa shape index (κ1) is 24.9. The number of carbonyl (C=O) groups is 1. The molecule has 0 saturated carbocycles. The van der Waals surface area contributed by atoms with E-state index >= 15 is 4.39 Å². The second-order valence-corrected chi connectivity index (χ2v) is 9.53. The summed E-state index contributed by atoms with van der Waals surface area (Å²) in [5.41, 5.74) is -0.287. The summed E-state index contributed by atoms with van der Waals surface area (Å²) in [6.07, 6.45) is -2.86. The van der Waals surface area contributed by atoms with Gasteiger partial charge in [-0.2, -0.15) is 22.8 Å². The average molecular weight is 493 g/mol. The number of hydrogen-bond donors (Lipinski definition) is 1. The molecule has 6 nitrogen and oxygen atoms in total. The Hall–Kier alpha value is -3.17. The summed E-state index contributed by atoms with van der Waals surface area (Å²) in [5.74, 6) is -1.03. The van der Waals surface area contributed by atoms with Crippen LogP contribution in [0.25, 0.3) is 16.9 Å². The highest BCUT2D eigenvalue weighted by atomic mass is 19.4. The molecule has 10 heteroatoms. The number of benzene rings is 1. The largest absolute Gasteiger partial charge is 0.481 e. The van der Waals surface area contributed by atoms with Crippen molar-refractivity contribution in [2.24, 2.45) is 5.41 Å². The molecule has 0 aliphatic carbocycles. The smallest absolute Gasteiger partial charge is 0.416 e. The number of carboxylic acids is 1. The van der Waals surface area contributed by atoms with Crippen LogP contribution in [0.3, 0.4) is 0 Å². The van der Waals surface area contributed by atoms with E-state index in [0.29, 0.717) is 37.3 Å². The monoisotopic (exact) mass is 492 g/mol. The lowest BCUT2D eigenvalue weighted by molar-refractivity contribution is -0.149. The van der Waals surface area contributed by atoms with E-state index in [0.717, 1.165) is 17.7 Å². The van der Waals surface area contributed by atoms with Crippen LogP contribution in [-0.2, 0) is 11.0 Å². The second kappa shape index (κ2) is 8.80. The summed E-state index contributed by atoms with van der Waals surface area (Å²) in [6, 6.07) is 4.17. The number of fused-ring (bicyclic) bond motifs is 1. The van der Waals surface area contributed by atoms with Gasteiger partial charge in [0, 0.05) is 29.9 Å². The molecule has 1 saturated heterocycles. The van der Waals surface area contributed by atoms with Crippen LogP contribution in [0.2, 0.25) is 0 Å². The number of halogens is 4. The van der Waals surface area contributed by atoms with Crippen molar-refractivity contribution < 1.29 is 27.5 Å². The first-order valence-electron chi connectivity index (χ1n) is 11.6. The van der Waals surface area contributed by atoms with E-state index in [1.165, 1.54) is 16.6 Å². The van der Waals surface area contributed by atoms with E-state index in [1.807, 2.05) is 25.7 Å². The molecular weight excluding hydrogens is 464 g/mol. The van der Waals surface area contributed by atoms with E-state index in [2.05, 4.69) is 10.1 Å². The molecule has 0 bridgehead atoms. The normalized spacial score (nSPS) is 19.1. The number of aryl methyl sites for hydroxylation is 1. The summed E-state index contributed by atoms with van der Waals surface area (Å²) >= 11 is 0. The Labute approximate surface area is 200 Å². The van der Waals surface area contributed by atoms with Gasteiger partial charge in [0.05, 0.1) is 11.0 Å². The number of aromatic nitrogens is 3. The first-order chi connectivity index (χ1) is 16.4. The maximum absolute atomic E-state index is 15.6. The van der Waals surface area contributed by atoms with Crippen LogP contribution in [0.15, 0.2) is 24.3 Å². The van der Waals surface area contributed by atoms with Crippen molar-refractivity contribution in [3.05, 3.63) is 46.9 Å². The van der Waals surface area contributed by atoms with Crippen molar-refractivity contribution >= 4 is 17.4 Å². The summed E-state index contributed by atoms with van der Waals surface area (Å²) in [4.78, 5) is 18.6. The van der Waals surface area contributed by atoms with Crippen LogP contribution in [-0.4, -0.2) is 38.8 Å². The molecule has 0 spiro atoms. The zero-order chi connectivity index (χ0) is 25.7. The molecule has 188 valence electrons. The molecule has 3 aromatic rings. The van der Waals surface area contributed by atoms with Crippen LogP contribution < -0.4 is 4.90 Å². The molecule has 4 rings (SSSR count). The predicted molar refractivity (Wildman–Crippen MR) is 124 cm³/mol. The molecule has 1 aliphatic heterocycles. The highest BCUT2D eigenvalue weighted by molar-refractivity contribution is 5.76. The summed E-state index contributed by atoms with van der Waals surface area (Å²) < 4.78 is 55.9. The zero-order valence-electron chi connectivity index (χ0n) is 20.1. The highest BCUT2D eigenvalue weighted by Gasteiger charge is 2.42. The lowest BCUT2D eigenvalue weighted by Crippen LogP contribution is -2.48. The number of piperidine rings is 1. The maximum Gasteiger partial charge on any atom is 0.416 e. The molecule has 35 heavy (non-hydrogen) atoms. The minimum Gasteiger partial charge on any atom is -0.481 e. The van der Waals surface area contributed by atoms with Gasteiger partial charge in [-0.05, 0) is 44.2 Å². The Morgan fingerprint density at radius 1 is 1.23 bits per heavy atom. The van der Waals surface area contributed by atoms with Crippen LogP contribution in [0, 0.1) is 18.2 Å². The van der Waals surface area contributed by atoms with Gasteiger partial charge in [-0.1, -0.05) is 32.9 Å². The molecule has 1 aromatic carbocycles. The van der Waals surface area contributed by atoms with E-state index in [1.54, 1.807) is 6.92 Å². The number of alkyl halides is 3. The Morgan fingerprint density at radius 2 is 1.89 bits per heavy atom. The van der Waals surface area contributed by atoms with Crippen molar-refractivity contribution in [2.75, 3.05) is 18.0 Å². The minimum absolute atomic E-state index is 0.00791. The van der Waals surface area contributed by atoms with E-state index in [9.17, 15) is 23.1 Å². The molecule has 1 N–H and O–H groups in total. The Morgan fingerprint density at radius 3 is 2.43 bits per heavy atom. The molecule has 0 unspecified atom stereocenters. The number of hydrogen-bond acceptors (Lipinski definition) is 4. The minimum atomic E-state index is -4.50. The summed E-state index contributed by atoms with van der Waals surface area (Å²) in [5, 5.41) is 14.4. The zero-order valence-corrected chi connectivity index (χ0v) is 20.1. The SMILES string of the molecule is CC[C@]1(C(=O)O)CCCN(c2c(C(C)C)c(C)nc3c(F)c(-c4ccc(C(F)(F)F)cc4)nn23)C1. The summed E-state index contributed by atoms with van der Waals surface area (Å²) in [6.45, 7) is 8.40. The molecule has 0 radical (unpaired) electrons. The van der Waals surface area contributed by atoms with Crippen molar-refractivity contribution in [3.63, 3.8) is 0 Å².